The third-order valence-electron chi connectivity index (χ3n) is 4.62. The summed E-state index contributed by atoms with van der Waals surface area (Å²) < 4.78 is 0. The lowest BCUT2D eigenvalue weighted by molar-refractivity contribution is 0.212. The number of piperidine rings is 1. The summed E-state index contributed by atoms with van der Waals surface area (Å²) in [5, 5.41) is 13.1. The summed E-state index contributed by atoms with van der Waals surface area (Å²) in [6.07, 6.45) is 7.06. The molecule has 5 nitrogen and oxygen atoms in total. The molecule has 124 valence electrons. The van der Waals surface area contributed by atoms with E-state index in [4.69, 9.17) is 0 Å². The van der Waals surface area contributed by atoms with E-state index in [1.54, 1.807) is 0 Å². The highest BCUT2D eigenvalue weighted by Crippen LogP contribution is 2.17. The molecule has 5 heteroatoms. The lowest BCUT2D eigenvalue weighted by atomic mass is 10.2. The fraction of sp³-hybridized carbons (Fsp3) is 1.00. The molecular weight excluding hydrogens is 262 g/mol. The van der Waals surface area contributed by atoms with Crippen molar-refractivity contribution >= 4 is 0 Å². The molecule has 4 aliphatic heterocycles. The second-order valence-electron chi connectivity index (χ2n) is 6.35. The van der Waals surface area contributed by atoms with E-state index >= 15 is 0 Å². The van der Waals surface area contributed by atoms with E-state index in [1.165, 1.54) is 71.4 Å². The minimum Gasteiger partial charge on any atom is -0.317 e. The Morgan fingerprint density at radius 2 is 1.24 bits per heavy atom. The van der Waals surface area contributed by atoms with Gasteiger partial charge in [-0.1, -0.05) is 6.42 Å². The van der Waals surface area contributed by atoms with Gasteiger partial charge in [0.1, 0.15) is 0 Å². The predicted octanol–water partition coefficient (Wildman–Crippen LogP) is -0.00690. The van der Waals surface area contributed by atoms with Crippen LogP contribution in [-0.4, -0.2) is 76.4 Å². The van der Waals surface area contributed by atoms with Crippen molar-refractivity contribution in [3.05, 3.63) is 0 Å². The number of fused-ring (bicyclic) bond motifs is 1. The lowest BCUT2D eigenvalue weighted by Crippen LogP contribution is -2.47. The minimum absolute atomic E-state index is 0.888. The number of nitrogens with one attached hydrogen (secondary N) is 4. The quantitative estimate of drug-likeness (QED) is 0.507. The van der Waals surface area contributed by atoms with Crippen LogP contribution in [-0.2, 0) is 0 Å². The van der Waals surface area contributed by atoms with Gasteiger partial charge in [-0.15, -0.1) is 0 Å². The van der Waals surface area contributed by atoms with Gasteiger partial charge in [-0.3, -0.25) is 4.90 Å². The Hall–Kier alpha value is -0.200. The third-order valence-corrected chi connectivity index (χ3v) is 4.62. The molecule has 0 aliphatic carbocycles. The van der Waals surface area contributed by atoms with E-state index < -0.39 is 0 Å². The highest BCUT2D eigenvalue weighted by atomic mass is 15.2. The van der Waals surface area contributed by atoms with Crippen molar-refractivity contribution in [2.45, 2.75) is 38.1 Å². The molecule has 4 N–H and O–H groups in total. The topological polar surface area (TPSA) is 51.4 Å². The van der Waals surface area contributed by atoms with Crippen molar-refractivity contribution in [2.75, 3.05) is 65.4 Å². The monoisotopic (exact) mass is 297 g/mol. The number of nitrogens with zero attached hydrogens (tertiary/aromatic N) is 1. The van der Waals surface area contributed by atoms with Crippen LogP contribution < -0.4 is 21.3 Å². The standard InChI is InChI=1S/C7H14N2.C5H11N.C4H10N2/c1-2-7-6-8-3-5-9(7)4-1;1-2-4-6-5-3-1;1-2-6-4-3-5-1/h7-8H,1-6H2;6H,1-5H2;5-6H,1-4H2. The number of rotatable bonds is 0. The minimum atomic E-state index is 0.888. The summed E-state index contributed by atoms with van der Waals surface area (Å²) in [5.74, 6) is 0. The van der Waals surface area contributed by atoms with Crippen molar-refractivity contribution in [1.29, 1.82) is 0 Å². The number of hydrogen-bond donors (Lipinski definition) is 4. The van der Waals surface area contributed by atoms with Gasteiger partial charge in [0, 0.05) is 51.9 Å². The zero-order chi connectivity index (χ0) is 14.6. The molecule has 1 unspecified atom stereocenters. The Labute approximate surface area is 130 Å². The van der Waals surface area contributed by atoms with Crippen LogP contribution in [0, 0.1) is 0 Å². The van der Waals surface area contributed by atoms with Gasteiger partial charge in [0.2, 0.25) is 0 Å². The molecular formula is C16H35N5. The molecule has 0 spiro atoms. The van der Waals surface area contributed by atoms with E-state index in [0.29, 0.717) is 0 Å². The Morgan fingerprint density at radius 1 is 0.571 bits per heavy atom. The normalized spacial score (nSPS) is 29.4. The van der Waals surface area contributed by atoms with Gasteiger partial charge in [-0.2, -0.15) is 0 Å². The van der Waals surface area contributed by atoms with E-state index in [0.717, 1.165) is 32.2 Å². The largest absolute Gasteiger partial charge is 0.317 e. The van der Waals surface area contributed by atoms with Crippen molar-refractivity contribution in [1.82, 2.24) is 26.2 Å². The van der Waals surface area contributed by atoms with Gasteiger partial charge in [-0.25, -0.2) is 0 Å². The molecule has 0 aromatic heterocycles. The Balaban J connectivity index is 0.000000120. The first-order valence-electron chi connectivity index (χ1n) is 9.04. The van der Waals surface area contributed by atoms with Crippen molar-refractivity contribution < 1.29 is 0 Å². The van der Waals surface area contributed by atoms with Gasteiger partial charge in [-0.05, 0) is 45.3 Å². The second-order valence-corrected chi connectivity index (χ2v) is 6.35. The summed E-state index contributed by atoms with van der Waals surface area (Å²) in [5.41, 5.74) is 0. The van der Waals surface area contributed by atoms with Crippen LogP contribution in [0.15, 0.2) is 0 Å². The molecule has 4 fully saturated rings. The third kappa shape index (κ3) is 7.56. The molecule has 4 rings (SSSR count). The van der Waals surface area contributed by atoms with Gasteiger partial charge in [0.05, 0.1) is 0 Å². The Morgan fingerprint density at radius 3 is 1.71 bits per heavy atom. The summed E-state index contributed by atoms with van der Waals surface area (Å²) in [4.78, 5) is 2.61. The molecule has 0 amide bonds. The zero-order valence-corrected chi connectivity index (χ0v) is 13.6. The zero-order valence-electron chi connectivity index (χ0n) is 13.6. The molecule has 0 saturated carbocycles. The predicted molar refractivity (Wildman–Crippen MR) is 89.9 cm³/mol. The summed E-state index contributed by atoms with van der Waals surface area (Å²) in [6, 6.07) is 0.888. The molecule has 0 radical (unpaired) electrons. The van der Waals surface area contributed by atoms with Gasteiger partial charge >= 0.3 is 0 Å². The molecule has 4 saturated heterocycles. The van der Waals surface area contributed by atoms with Crippen LogP contribution in [0.2, 0.25) is 0 Å². The van der Waals surface area contributed by atoms with Crippen LogP contribution in [0.5, 0.6) is 0 Å². The van der Waals surface area contributed by atoms with Gasteiger partial charge < -0.3 is 21.3 Å². The van der Waals surface area contributed by atoms with E-state index in [1.807, 2.05) is 0 Å². The maximum Gasteiger partial charge on any atom is 0.0221 e. The molecule has 0 aromatic carbocycles. The fourth-order valence-corrected chi connectivity index (χ4v) is 3.32. The SMILES string of the molecule is C1CC2CNCCN2C1.C1CCNCC1.C1CNCCN1. The van der Waals surface area contributed by atoms with E-state index in [-0.39, 0.29) is 0 Å². The summed E-state index contributed by atoms with van der Waals surface area (Å²) >= 11 is 0. The van der Waals surface area contributed by atoms with E-state index in [9.17, 15) is 0 Å². The lowest BCUT2D eigenvalue weighted by Gasteiger charge is -2.29. The van der Waals surface area contributed by atoms with Crippen LogP contribution in [0.1, 0.15) is 32.1 Å². The highest BCUT2D eigenvalue weighted by molar-refractivity contribution is 4.84. The number of piperazine rings is 2. The Bertz CT molecular complexity index is 194. The van der Waals surface area contributed by atoms with Gasteiger partial charge in [0.15, 0.2) is 0 Å². The van der Waals surface area contributed by atoms with Crippen molar-refractivity contribution in [3.8, 4) is 0 Å². The first kappa shape index (κ1) is 17.2. The molecule has 0 aromatic rings. The smallest absolute Gasteiger partial charge is 0.0221 e. The van der Waals surface area contributed by atoms with E-state index in [2.05, 4.69) is 26.2 Å². The highest BCUT2D eigenvalue weighted by Gasteiger charge is 2.25. The first-order chi connectivity index (χ1) is 10.5. The van der Waals surface area contributed by atoms with Crippen molar-refractivity contribution in [2.24, 2.45) is 0 Å². The molecule has 4 heterocycles. The number of hydrogen-bond acceptors (Lipinski definition) is 5. The molecule has 21 heavy (non-hydrogen) atoms. The Kier molecular flexibility index (Phi) is 9.30. The van der Waals surface area contributed by atoms with Crippen LogP contribution in [0.3, 0.4) is 0 Å². The molecule has 0 bridgehead atoms. The maximum atomic E-state index is 3.41. The fourth-order valence-electron chi connectivity index (χ4n) is 3.32. The van der Waals surface area contributed by atoms with Crippen molar-refractivity contribution in [3.63, 3.8) is 0 Å². The van der Waals surface area contributed by atoms with Crippen LogP contribution in [0.4, 0.5) is 0 Å². The maximum absolute atomic E-state index is 3.41. The van der Waals surface area contributed by atoms with Crippen LogP contribution in [0.25, 0.3) is 0 Å². The molecule has 4 aliphatic rings. The van der Waals surface area contributed by atoms with Crippen LogP contribution >= 0.6 is 0 Å². The summed E-state index contributed by atoms with van der Waals surface area (Å²) in [7, 11) is 0. The summed E-state index contributed by atoms with van der Waals surface area (Å²) in [6.45, 7) is 12.1. The molecule has 1 atom stereocenters. The average Bonchev–Trinajstić information content (AvgIpc) is 3.08. The first-order valence-corrected chi connectivity index (χ1v) is 9.04. The average molecular weight is 297 g/mol. The van der Waals surface area contributed by atoms with Gasteiger partial charge in [0.25, 0.3) is 0 Å². The second kappa shape index (κ2) is 11.4.